The Morgan fingerprint density at radius 1 is 1.00 bits per heavy atom. The largest absolute Gasteiger partial charge is 0.494 e. The smallest absolute Gasteiger partial charge is 0.119 e. The lowest BCUT2D eigenvalue weighted by Crippen LogP contribution is -2.11. The maximum atomic E-state index is 12.1. The Balaban J connectivity index is 1.69. The number of allylic oxidation sites excluding steroid dienone is 2. The average Bonchev–Trinajstić information content (AvgIpc) is 2.66. The third-order valence-electron chi connectivity index (χ3n) is 5.30. The van der Waals surface area contributed by atoms with Crippen molar-refractivity contribution in [2.75, 3.05) is 13.3 Å². The van der Waals surface area contributed by atoms with E-state index < -0.39 is 0 Å². The zero-order valence-corrected chi connectivity index (χ0v) is 15.9. The van der Waals surface area contributed by atoms with Crippen LogP contribution in [-0.2, 0) is 0 Å². The summed E-state index contributed by atoms with van der Waals surface area (Å²) in [6, 6.07) is 8.78. The van der Waals surface area contributed by atoms with Gasteiger partial charge in [-0.1, -0.05) is 50.5 Å². The Morgan fingerprint density at radius 3 is 2.44 bits per heavy atom. The molecule has 1 aromatic rings. The second kappa shape index (κ2) is 12.1. The number of halogens is 1. The molecule has 140 valence electrons. The zero-order chi connectivity index (χ0) is 17.7. The standard InChI is InChI=1S/C23H35FO/c1-2-3-4-8-19-25-23-16-14-22(15-17-23)21-12-10-20(11-13-21)9-6-5-7-18-24/h6,9,14-17,20-21H,2-5,7-8,10-13,18-19H2,1H3/b9-6+/t20-,21-. The second-order valence-electron chi connectivity index (χ2n) is 7.35. The molecule has 1 nitrogen and oxygen atoms in total. The van der Waals surface area contributed by atoms with Crippen molar-refractivity contribution in [1.29, 1.82) is 0 Å². The molecule has 1 aliphatic carbocycles. The molecule has 0 amide bonds. The molecule has 0 radical (unpaired) electrons. The highest BCUT2D eigenvalue weighted by molar-refractivity contribution is 5.29. The molecule has 1 aliphatic rings. The lowest BCUT2D eigenvalue weighted by atomic mass is 9.78. The van der Waals surface area contributed by atoms with E-state index in [-0.39, 0.29) is 6.67 Å². The lowest BCUT2D eigenvalue weighted by Gasteiger charge is -2.27. The normalized spacial score (nSPS) is 20.9. The van der Waals surface area contributed by atoms with Crippen molar-refractivity contribution in [3.63, 3.8) is 0 Å². The van der Waals surface area contributed by atoms with Crippen LogP contribution in [-0.4, -0.2) is 13.3 Å². The highest BCUT2D eigenvalue weighted by atomic mass is 19.1. The van der Waals surface area contributed by atoms with Gasteiger partial charge < -0.3 is 4.74 Å². The first-order chi connectivity index (χ1) is 12.3. The monoisotopic (exact) mass is 346 g/mol. The Bertz CT molecular complexity index is 471. The Morgan fingerprint density at radius 2 is 1.76 bits per heavy atom. The lowest BCUT2D eigenvalue weighted by molar-refractivity contribution is 0.304. The van der Waals surface area contributed by atoms with Gasteiger partial charge in [0.25, 0.3) is 0 Å². The van der Waals surface area contributed by atoms with Crippen LogP contribution in [0.25, 0.3) is 0 Å². The van der Waals surface area contributed by atoms with Crippen molar-refractivity contribution in [3.8, 4) is 5.75 Å². The summed E-state index contributed by atoms with van der Waals surface area (Å²) in [4.78, 5) is 0. The van der Waals surface area contributed by atoms with Crippen LogP contribution >= 0.6 is 0 Å². The number of alkyl halides is 1. The quantitative estimate of drug-likeness (QED) is 0.303. The highest BCUT2D eigenvalue weighted by Crippen LogP contribution is 2.36. The van der Waals surface area contributed by atoms with E-state index in [0.29, 0.717) is 18.3 Å². The van der Waals surface area contributed by atoms with E-state index >= 15 is 0 Å². The molecule has 1 aromatic carbocycles. The predicted octanol–water partition coefficient (Wildman–Crippen LogP) is 7.23. The van der Waals surface area contributed by atoms with E-state index in [0.717, 1.165) is 25.2 Å². The predicted molar refractivity (Wildman–Crippen MR) is 105 cm³/mol. The first-order valence-electron chi connectivity index (χ1n) is 10.3. The van der Waals surface area contributed by atoms with Crippen LogP contribution in [0.3, 0.4) is 0 Å². The van der Waals surface area contributed by atoms with Gasteiger partial charge in [0, 0.05) is 0 Å². The molecule has 1 saturated carbocycles. The van der Waals surface area contributed by atoms with Crippen molar-refractivity contribution >= 4 is 0 Å². The van der Waals surface area contributed by atoms with Crippen LogP contribution in [0.1, 0.15) is 82.6 Å². The number of rotatable bonds is 11. The van der Waals surface area contributed by atoms with Crippen LogP contribution in [0.5, 0.6) is 5.75 Å². The van der Waals surface area contributed by atoms with Crippen LogP contribution in [0, 0.1) is 5.92 Å². The zero-order valence-electron chi connectivity index (χ0n) is 15.9. The molecule has 0 unspecified atom stereocenters. The summed E-state index contributed by atoms with van der Waals surface area (Å²) in [5.74, 6) is 2.39. The topological polar surface area (TPSA) is 9.23 Å². The Hall–Kier alpha value is -1.31. The van der Waals surface area contributed by atoms with Crippen molar-refractivity contribution in [1.82, 2.24) is 0 Å². The van der Waals surface area contributed by atoms with Gasteiger partial charge >= 0.3 is 0 Å². The third kappa shape index (κ3) is 7.63. The van der Waals surface area contributed by atoms with Crippen LogP contribution in [0.2, 0.25) is 0 Å². The summed E-state index contributed by atoms with van der Waals surface area (Å²) >= 11 is 0. The van der Waals surface area contributed by atoms with Gasteiger partial charge in [-0.05, 0) is 74.5 Å². The van der Waals surface area contributed by atoms with Crippen LogP contribution < -0.4 is 4.74 Å². The van der Waals surface area contributed by atoms with E-state index in [1.54, 1.807) is 0 Å². The van der Waals surface area contributed by atoms with Crippen molar-refractivity contribution in [3.05, 3.63) is 42.0 Å². The number of ether oxygens (including phenoxy) is 1. The maximum Gasteiger partial charge on any atom is 0.119 e. The molecule has 0 spiro atoms. The number of hydrogen-bond acceptors (Lipinski definition) is 1. The fourth-order valence-electron chi connectivity index (χ4n) is 3.68. The Labute approximate surface area is 153 Å². The number of unbranched alkanes of at least 4 members (excludes halogenated alkanes) is 4. The summed E-state index contributed by atoms with van der Waals surface area (Å²) in [5.41, 5.74) is 1.46. The molecule has 0 bridgehead atoms. The molecular formula is C23H35FO. The molecule has 0 aromatic heterocycles. The van der Waals surface area contributed by atoms with Gasteiger partial charge in [0.05, 0.1) is 13.3 Å². The first kappa shape index (κ1) is 20.0. The van der Waals surface area contributed by atoms with Gasteiger partial charge in [-0.25, -0.2) is 0 Å². The van der Waals surface area contributed by atoms with E-state index in [1.165, 1.54) is 50.5 Å². The highest BCUT2D eigenvalue weighted by Gasteiger charge is 2.20. The van der Waals surface area contributed by atoms with E-state index in [1.807, 2.05) is 0 Å². The summed E-state index contributed by atoms with van der Waals surface area (Å²) in [5, 5.41) is 0. The minimum atomic E-state index is -0.199. The first-order valence-corrected chi connectivity index (χ1v) is 10.3. The number of hydrogen-bond donors (Lipinski definition) is 0. The third-order valence-corrected chi connectivity index (χ3v) is 5.30. The van der Waals surface area contributed by atoms with Gasteiger partial charge in [-0.3, -0.25) is 4.39 Å². The minimum Gasteiger partial charge on any atom is -0.494 e. The average molecular weight is 347 g/mol. The van der Waals surface area contributed by atoms with E-state index in [4.69, 9.17) is 4.74 Å². The van der Waals surface area contributed by atoms with Gasteiger partial charge in [-0.15, -0.1) is 0 Å². The van der Waals surface area contributed by atoms with Crippen LogP contribution in [0.4, 0.5) is 4.39 Å². The molecule has 2 heteroatoms. The van der Waals surface area contributed by atoms with E-state index in [9.17, 15) is 4.39 Å². The second-order valence-corrected chi connectivity index (χ2v) is 7.35. The summed E-state index contributed by atoms with van der Waals surface area (Å²) in [6.45, 7) is 2.87. The summed E-state index contributed by atoms with van der Waals surface area (Å²) < 4.78 is 17.9. The van der Waals surface area contributed by atoms with Gasteiger partial charge in [0.2, 0.25) is 0 Å². The molecule has 0 aliphatic heterocycles. The van der Waals surface area contributed by atoms with Crippen molar-refractivity contribution < 1.29 is 9.13 Å². The van der Waals surface area contributed by atoms with Crippen molar-refractivity contribution in [2.45, 2.75) is 77.0 Å². The van der Waals surface area contributed by atoms with Crippen molar-refractivity contribution in [2.24, 2.45) is 5.92 Å². The number of benzene rings is 1. The molecule has 2 rings (SSSR count). The van der Waals surface area contributed by atoms with Gasteiger partial charge in [0.15, 0.2) is 0 Å². The SMILES string of the molecule is CCCCCCOc1ccc([C@H]2CC[C@H](/C=C/CCCF)CC2)cc1. The Kier molecular flexibility index (Phi) is 9.69. The van der Waals surface area contributed by atoms with Crippen LogP contribution in [0.15, 0.2) is 36.4 Å². The fourth-order valence-corrected chi connectivity index (χ4v) is 3.68. The molecule has 0 N–H and O–H groups in total. The van der Waals surface area contributed by atoms with Gasteiger partial charge in [0.1, 0.15) is 5.75 Å². The maximum absolute atomic E-state index is 12.1. The molecular weight excluding hydrogens is 311 g/mol. The molecule has 0 atom stereocenters. The molecule has 25 heavy (non-hydrogen) atoms. The van der Waals surface area contributed by atoms with E-state index in [2.05, 4.69) is 43.3 Å². The molecule has 0 heterocycles. The fraction of sp³-hybridized carbons (Fsp3) is 0.652. The summed E-state index contributed by atoms with van der Waals surface area (Å²) in [6.07, 6.45) is 16.1. The molecule has 1 fully saturated rings. The van der Waals surface area contributed by atoms with Gasteiger partial charge in [-0.2, -0.15) is 0 Å². The molecule has 0 saturated heterocycles. The summed E-state index contributed by atoms with van der Waals surface area (Å²) in [7, 11) is 0. The minimum absolute atomic E-state index is 0.199.